The average molecular weight is 315 g/mol. The number of nitrogens with zero attached hydrogens (tertiary/aromatic N) is 3. The molecule has 23 heavy (non-hydrogen) atoms. The van der Waals surface area contributed by atoms with Crippen LogP contribution < -0.4 is 0 Å². The number of hydrogen-bond acceptors (Lipinski definition) is 4. The zero-order valence-corrected chi connectivity index (χ0v) is 13.6. The zero-order valence-electron chi connectivity index (χ0n) is 13.6. The molecule has 2 saturated heterocycles. The Morgan fingerprint density at radius 2 is 2.04 bits per heavy atom. The maximum atomic E-state index is 12.4. The van der Waals surface area contributed by atoms with E-state index in [-0.39, 0.29) is 6.10 Å². The molecule has 0 aromatic carbocycles. The molecule has 3 aliphatic rings. The van der Waals surface area contributed by atoms with E-state index in [0.717, 1.165) is 45.6 Å². The van der Waals surface area contributed by atoms with Gasteiger partial charge in [0.15, 0.2) is 0 Å². The minimum Gasteiger partial charge on any atom is -0.375 e. The van der Waals surface area contributed by atoms with E-state index in [2.05, 4.69) is 26.9 Å². The van der Waals surface area contributed by atoms with Gasteiger partial charge in [-0.15, -0.1) is 0 Å². The minimum absolute atomic E-state index is 0.274. The topological polar surface area (TPSA) is 45.7 Å². The van der Waals surface area contributed by atoms with Crippen molar-refractivity contribution in [2.45, 2.75) is 44.4 Å². The number of carbonyl (C=O) groups is 1. The van der Waals surface area contributed by atoms with Crippen molar-refractivity contribution >= 4 is 5.91 Å². The predicted molar refractivity (Wildman–Crippen MR) is 86.7 cm³/mol. The minimum atomic E-state index is 0.274. The molecule has 0 bridgehead atoms. The van der Waals surface area contributed by atoms with Crippen LogP contribution in [-0.2, 0) is 16.1 Å². The number of hydrogen-bond donors (Lipinski definition) is 0. The van der Waals surface area contributed by atoms with Gasteiger partial charge in [0.1, 0.15) is 0 Å². The van der Waals surface area contributed by atoms with Crippen LogP contribution in [-0.4, -0.2) is 59.1 Å². The lowest BCUT2D eigenvalue weighted by Crippen LogP contribution is -2.60. The largest absolute Gasteiger partial charge is 0.375 e. The van der Waals surface area contributed by atoms with Gasteiger partial charge in [0.05, 0.1) is 18.8 Å². The van der Waals surface area contributed by atoms with Gasteiger partial charge in [-0.1, -0.05) is 0 Å². The highest BCUT2D eigenvalue weighted by atomic mass is 16.5. The molecule has 1 amide bonds. The third-order valence-electron chi connectivity index (χ3n) is 5.35. The summed E-state index contributed by atoms with van der Waals surface area (Å²) in [5.41, 5.74) is 1.28. The van der Waals surface area contributed by atoms with Crippen LogP contribution in [0, 0.1) is 5.92 Å². The fraction of sp³-hybridized carbons (Fsp3) is 0.667. The summed E-state index contributed by atoms with van der Waals surface area (Å²) in [4.78, 5) is 21.1. The Morgan fingerprint density at radius 3 is 2.83 bits per heavy atom. The second-order valence-electron chi connectivity index (χ2n) is 7.08. The summed E-state index contributed by atoms with van der Waals surface area (Å²) in [6, 6.07) is 4.47. The summed E-state index contributed by atoms with van der Waals surface area (Å²) < 4.78 is 5.98. The lowest BCUT2D eigenvalue weighted by Gasteiger charge is -2.47. The van der Waals surface area contributed by atoms with E-state index in [4.69, 9.17) is 4.74 Å². The summed E-state index contributed by atoms with van der Waals surface area (Å²) >= 11 is 0. The zero-order chi connectivity index (χ0) is 15.6. The molecule has 1 saturated carbocycles. The smallest absolute Gasteiger partial charge is 0.222 e. The molecular weight excluding hydrogens is 290 g/mol. The SMILES string of the molecule is O=C(CC1CC1)N1CC[C@H]2OCCN(Cc3ccncc3)[C@@H]2C1. The van der Waals surface area contributed by atoms with Gasteiger partial charge < -0.3 is 9.64 Å². The monoisotopic (exact) mass is 315 g/mol. The van der Waals surface area contributed by atoms with Gasteiger partial charge in [0, 0.05) is 45.0 Å². The van der Waals surface area contributed by atoms with Crippen LogP contribution in [0.2, 0.25) is 0 Å². The third kappa shape index (κ3) is 3.56. The lowest BCUT2D eigenvalue weighted by molar-refractivity contribution is -0.143. The second kappa shape index (κ2) is 6.57. The summed E-state index contributed by atoms with van der Waals surface area (Å²) in [6.07, 6.45) is 8.16. The quantitative estimate of drug-likeness (QED) is 0.848. The molecule has 124 valence electrons. The number of pyridine rings is 1. The molecule has 3 fully saturated rings. The van der Waals surface area contributed by atoms with Gasteiger partial charge in [-0.05, 0) is 42.9 Å². The van der Waals surface area contributed by atoms with Crippen molar-refractivity contribution in [3.8, 4) is 0 Å². The highest BCUT2D eigenvalue weighted by molar-refractivity contribution is 5.77. The molecule has 0 radical (unpaired) electrons. The van der Waals surface area contributed by atoms with Crippen molar-refractivity contribution in [3.63, 3.8) is 0 Å². The van der Waals surface area contributed by atoms with Gasteiger partial charge in [-0.25, -0.2) is 0 Å². The van der Waals surface area contributed by atoms with E-state index < -0.39 is 0 Å². The molecule has 1 aromatic heterocycles. The highest BCUT2D eigenvalue weighted by Gasteiger charge is 2.39. The Hall–Kier alpha value is -1.46. The van der Waals surface area contributed by atoms with Crippen LogP contribution in [0.25, 0.3) is 0 Å². The first-order chi connectivity index (χ1) is 11.3. The molecule has 0 spiro atoms. The summed E-state index contributed by atoms with van der Waals surface area (Å²) in [5.74, 6) is 1.01. The van der Waals surface area contributed by atoms with Crippen molar-refractivity contribution in [3.05, 3.63) is 30.1 Å². The summed E-state index contributed by atoms with van der Waals surface area (Å²) in [7, 11) is 0. The van der Waals surface area contributed by atoms with Crippen LogP contribution in [0.15, 0.2) is 24.5 Å². The molecule has 5 nitrogen and oxygen atoms in total. The van der Waals surface area contributed by atoms with Crippen LogP contribution in [0.5, 0.6) is 0 Å². The molecule has 4 rings (SSSR count). The van der Waals surface area contributed by atoms with Crippen molar-refractivity contribution in [2.24, 2.45) is 5.92 Å². The third-order valence-corrected chi connectivity index (χ3v) is 5.35. The number of rotatable bonds is 4. The van der Waals surface area contributed by atoms with Crippen molar-refractivity contribution < 1.29 is 9.53 Å². The number of amides is 1. The predicted octanol–water partition coefficient (Wildman–Crippen LogP) is 1.68. The highest BCUT2D eigenvalue weighted by Crippen LogP contribution is 2.33. The normalized spacial score (nSPS) is 28.4. The van der Waals surface area contributed by atoms with Gasteiger partial charge in [-0.3, -0.25) is 14.7 Å². The standard InChI is InChI=1S/C18H25N3O2/c22-18(11-14-1-2-14)21-8-5-17-16(13-21)20(9-10-23-17)12-15-3-6-19-7-4-15/h3-4,6-7,14,16-17H,1-2,5,8-13H2/t16-,17-/m1/s1. The number of ether oxygens (including phenoxy) is 1. The van der Waals surface area contributed by atoms with Gasteiger partial charge in [0.25, 0.3) is 0 Å². The first-order valence-electron chi connectivity index (χ1n) is 8.82. The maximum Gasteiger partial charge on any atom is 0.222 e. The van der Waals surface area contributed by atoms with E-state index >= 15 is 0 Å². The first kappa shape index (κ1) is 15.1. The van der Waals surface area contributed by atoms with Gasteiger partial charge >= 0.3 is 0 Å². The number of fused-ring (bicyclic) bond motifs is 1. The summed E-state index contributed by atoms with van der Waals surface area (Å²) in [5, 5.41) is 0. The number of carbonyl (C=O) groups excluding carboxylic acids is 1. The summed E-state index contributed by atoms with van der Waals surface area (Å²) in [6.45, 7) is 4.32. The van der Waals surface area contributed by atoms with Crippen molar-refractivity contribution in [1.29, 1.82) is 0 Å². The van der Waals surface area contributed by atoms with Gasteiger partial charge in [-0.2, -0.15) is 0 Å². The Bertz CT molecular complexity index is 546. The fourth-order valence-electron chi connectivity index (χ4n) is 3.79. The molecule has 3 heterocycles. The number of morpholine rings is 1. The van der Waals surface area contributed by atoms with Crippen LogP contribution in [0.3, 0.4) is 0 Å². The molecule has 0 unspecified atom stereocenters. The molecular formula is C18H25N3O2. The second-order valence-corrected chi connectivity index (χ2v) is 7.08. The fourth-order valence-corrected chi connectivity index (χ4v) is 3.79. The Morgan fingerprint density at radius 1 is 1.22 bits per heavy atom. The average Bonchev–Trinajstić information content (AvgIpc) is 3.40. The van der Waals surface area contributed by atoms with Crippen LogP contribution in [0.1, 0.15) is 31.2 Å². The molecule has 2 aliphatic heterocycles. The maximum absolute atomic E-state index is 12.4. The molecule has 0 N–H and O–H groups in total. The van der Waals surface area contributed by atoms with Crippen LogP contribution >= 0.6 is 0 Å². The molecule has 2 atom stereocenters. The van der Waals surface area contributed by atoms with E-state index in [1.165, 1.54) is 18.4 Å². The van der Waals surface area contributed by atoms with E-state index in [9.17, 15) is 4.79 Å². The van der Waals surface area contributed by atoms with Gasteiger partial charge in [0.2, 0.25) is 5.91 Å². The number of aromatic nitrogens is 1. The first-order valence-corrected chi connectivity index (χ1v) is 8.82. The molecule has 5 heteroatoms. The molecule has 1 aromatic rings. The van der Waals surface area contributed by atoms with E-state index in [1.807, 2.05) is 12.4 Å². The molecule has 1 aliphatic carbocycles. The van der Waals surface area contributed by atoms with E-state index in [0.29, 0.717) is 17.9 Å². The number of likely N-dealkylation sites (tertiary alicyclic amines) is 1. The lowest BCUT2D eigenvalue weighted by atomic mass is 9.97. The van der Waals surface area contributed by atoms with E-state index in [1.54, 1.807) is 0 Å². The Labute approximate surface area is 137 Å². The van der Waals surface area contributed by atoms with Crippen LogP contribution in [0.4, 0.5) is 0 Å². The Kier molecular flexibility index (Phi) is 4.31. The van der Waals surface area contributed by atoms with Crippen molar-refractivity contribution in [1.82, 2.24) is 14.8 Å². The number of piperidine rings is 1. The Balaban J connectivity index is 1.42. The van der Waals surface area contributed by atoms with Crippen molar-refractivity contribution in [2.75, 3.05) is 26.2 Å².